The fourth-order valence-corrected chi connectivity index (χ4v) is 8.42. The summed E-state index contributed by atoms with van der Waals surface area (Å²) in [5.41, 5.74) is 11.9. The van der Waals surface area contributed by atoms with Crippen LogP contribution < -0.4 is 9.21 Å². The molecule has 1 atom stereocenters. The van der Waals surface area contributed by atoms with Crippen molar-refractivity contribution in [1.82, 2.24) is 0 Å². The van der Waals surface area contributed by atoms with E-state index in [0.717, 1.165) is 87.4 Å². The lowest BCUT2D eigenvalue weighted by atomic mass is 9.73. The molecule has 3 heterocycles. The molecule has 1 spiro atoms. The van der Waals surface area contributed by atoms with Gasteiger partial charge in [-0.15, -0.1) is 0 Å². The molecule has 266 valence electrons. The summed E-state index contributed by atoms with van der Waals surface area (Å²) in [6.45, 7) is 20.4. The van der Waals surface area contributed by atoms with Gasteiger partial charge in [-0.1, -0.05) is 54.6 Å². The van der Waals surface area contributed by atoms with Gasteiger partial charge in [-0.05, 0) is 118 Å². The first kappa shape index (κ1) is 37.1. The lowest BCUT2D eigenvalue weighted by Crippen LogP contribution is -2.41. The van der Waals surface area contributed by atoms with Crippen molar-refractivity contribution in [1.29, 1.82) is 0 Å². The van der Waals surface area contributed by atoms with Gasteiger partial charge >= 0.3 is 5.97 Å². The van der Waals surface area contributed by atoms with Gasteiger partial charge in [-0.3, -0.25) is 9.10 Å². The van der Waals surface area contributed by atoms with Gasteiger partial charge in [-0.2, -0.15) is 0 Å². The number of nitrogens with zero attached hydrogens (tertiary/aromatic N) is 2. The summed E-state index contributed by atoms with van der Waals surface area (Å²) in [6, 6.07) is 15.0. The molecule has 1 saturated heterocycles. The average Bonchev–Trinajstić information content (AvgIpc) is 3.38. The van der Waals surface area contributed by atoms with Gasteiger partial charge < -0.3 is 19.8 Å². The van der Waals surface area contributed by atoms with Crippen LogP contribution in [0, 0.1) is 26.2 Å². The quantitative estimate of drug-likeness (QED) is 0.257. The maximum Gasteiger partial charge on any atom is 0.307 e. The third-order valence-electron chi connectivity index (χ3n) is 9.94. The molecule has 3 aromatic carbocycles. The van der Waals surface area contributed by atoms with E-state index in [2.05, 4.69) is 79.9 Å². The Morgan fingerprint density at radius 1 is 1.04 bits per heavy atom. The van der Waals surface area contributed by atoms with Crippen LogP contribution in [0.5, 0.6) is 0 Å². The van der Waals surface area contributed by atoms with Gasteiger partial charge in [0.1, 0.15) is 16.7 Å². The smallest absolute Gasteiger partial charge is 0.307 e. The van der Waals surface area contributed by atoms with Crippen LogP contribution in [0.15, 0.2) is 78.6 Å². The predicted octanol–water partition coefficient (Wildman–Crippen LogP) is 8.60. The standard InChI is InChI=1S/C38H42N2O4S.C4H10O/c1-7-9-32-33(8-2)44-23-38(32)16-18-39(19-17-38)29-14-15-30-28(20-29)22-40(45(6)43)37-25(4)31(21-34(41)42)35(26(5)36(30)37)27-12-10-24(3)11-13-27;1-4(2,3)5/h7-15,20H,2,16-19,21-23H2,1,3-6H3,(H,41,42);5H,1-3H3/b9-7-;. The molecule has 0 radical (unpaired) electrons. The van der Waals surface area contributed by atoms with Crippen molar-refractivity contribution in [2.75, 3.05) is 35.2 Å². The molecule has 3 aliphatic rings. The Morgan fingerprint density at radius 3 is 2.24 bits per heavy atom. The molecule has 0 saturated carbocycles. The summed E-state index contributed by atoms with van der Waals surface area (Å²) in [7, 11) is -1.30. The highest BCUT2D eigenvalue weighted by Crippen LogP contribution is 2.51. The molecule has 0 aliphatic carbocycles. The van der Waals surface area contributed by atoms with Crippen molar-refractivity contribution in [3.05, 3.63) is 106 Å². The van der Waals surface area contributed by atoms with E-state index in [1.165, 1.54) is 11.3 Å². The number of ether oxygens (including phenoxy) is 1. The number of hydrogen-bond acceptors (Lipinski definition) is 5. The Kier molecular flexibility index (Phi) is 10.8. The molecule has 1 unspecified atom stereocenters. The number of benzene rings is 3. The molecule has 8 heteroatoms. The number of anilines is 2. The number of hydrogen-bond donors (Lipinski definition) is 2. The average molecular weight is 697 g/mol. The van der Waals surface area contributed by atoms with Crippen LogP contribution in [0.3, 0.4) is 0 Å². The van der Waals surface area contributed by atoms with Crippen LogP contribution in [0.2, 0.25) is 0 Å². The maximum atomic E-state index is 13.3. The van der Waals surface area contributed by atoms with Crippen molar-refractivity contribution >= 4 is 28.3 Å². The monoisotopic (exact) mass is 696 g/mol. The molecule has 0 bridgehead atoms. The Balaban J connectivity index is 0.000000908. The Morgan fingerprint density at radius 2 is 1.68 bits per heavy atom. The third kappa shape index (κ3) is 7.47. The summed E-state index contributed by atoms with van der Waals surface area (Å²) in [5.74, 6) is 0.0289. The minimum absolute atomic E-state index is 0.0181. The van der Waals surface area contributed by atoms with Crippen LogP contribution in [0.1, 0.15) is 68.4 Å². The molecule has 3 aromatic rings. The lowest BCUT2D eigenvalue weighted by Gasteiger charge is -2.41. The van der Waals surface area contributed by atoms with E-state index in [0.29, 0.717) is 13.2 Å². The van der Waals surface area contributed by atoms with Gasteiger partial charge in [0.05, 0.1) is 30.9 Å². The fraction of sp³-hybridized carbons (Fsp3) is 0.405. The second-order valence-corrected chi connectivity index (χ2v) is 16.1. The Bertz CT molecular complexity index is 1870. The predicted molar refractivity (Wildman–Crippen MR) is 207 cm³/mol. The molecule has 1 fully saturated rings. The van der Waals surface area contributed by atoms with Gasteiger partial charge in [0.25, 0.3) is 0 Å². The van der Waals surface area contributed by atoms with E-state index >= 15 is 0 Å². The number of aliphatic carboxylic acids is 1. The van der Waals surface area contributed by atoms with E-state index in [1.807, 2.05) is 24.2 Å². The highest BCUT2D eigenvalue weighted by molar-refractivity contribution is 7.85. The number of carboxylic acid groups (broad SMARTS) is 1. The fourth-order valence-electron chi connectivity index (χ4n) is 7.61. The maximum absolute atomic E-state index is 13.3. The van der Waals surface area contributed by atoms with Crippen molar-refractivity contribution in [2.45, 2.75) is 79.9 Å². The second-order valence-electron chi connectivity index (χ2n) is 14.8. The SMILES string of the molecule is C=CC1=C(/C=C\C)C2(CCN(c3ccc4c(c3)CN(S(C)=O)c3c(C)c(CC(=O)O)c(-c5ccc(C)cc5)c(C)c3-4)CC2)CO1.CC(C)(C)O. The van der Waals surface area contributed by atoms with Gasteiger partial charge in [0.15, 0.2) is 0 Å². The van der Waals surface area contributed by atoms with Gasteiger partial charge in [0, 0.05) is 41.6 Å². The first-order valence-electron chi connectivity index (χ1n) is 17.4. The van der Waals surface area contributed by atoms with Crippen LogP contribution in [0.4, 0.5) is 11.4 Å². The first-order valence-corrected chi connectivity index (χ1v) is 18.9. The molecular formula is C42H52N2O5S. The van der Waals surface area contributed by atoms with Crippen LogP contribution in [-0.2, 0) is 33.5 Å². The number of carbonyl (C=O) groups is 1. The first-order chi connectivity index (χ1) is 23.6. The molecule has 7 nitrogen and oxygen atoms in total. The zero-order valence-electron chi connectivity index (χ0n) is 30.9. The number of carboxylic acids is 1. The molecule has 2 N–H and O–H groups in total. The molecule has 6 rings (SSSR count). The van der Waals surface area contributed by atoms with Gasteiger partial charge in [0.2, 0.25) is 0 Å². The van der Waals surface area contributed by atoms with E-state index < -0.39 is 22.6 Å². The molecule has 3 aliphatic heterocycles. The van der Waals surface area contributed by atoms with E-state index in [9.17, 15) is 14.1 Å². The van der Waals surface area contributed by atoms with Crippen LogP contribution in [0.25, 0.3) is 22.3 Å². The molecular weight excluding hydrogens is 645 g/mol. The number of piperidine rings is 1. The Labute approximate surface area is 300 Å². The minimum atomic E-state index is -1.30. The van der Waals surface area contributed by atoms with Crippen LogP contribution >= 0.6 is 0 Å². The zero-order valence-corrected chi connectivity index (χ0v) is 31.7. The zero-order chi connectivity index (χ0) is 36.5. The van der Waals surface area contributed by atoms with E-state index in [4.69, 9.17) is 9.84 Å². The third-order valence-corrected chi connectivity index (χ3v) is 10.9. The number of aryl methyl sites for hydroxylation is 1. The minimum Gasteiger partial charge on any atom is -0.492 e. The summed E-state index contributed by atoms with van der Waals surface area (Å²) >= 11 is 0. The van der Waals surface area contributed by atoms with Crippen molar-refractivity contribution in [3.8, 4) is 22.3 Å². The summed E-state index contributed by atoms with van der Waals surface area (Å²) in [6.07, 6.45) is 9.72. The number of rotatable bonds is 7. The van der Waals surface area contributed by atoms with E-state index in [-0.39, 0.29) is 11.8 Å². The number of fused-ring (bicyclic) bond motifs is 3. The lowest BCUT2D eigenvalue weighted by molar-refractivity contribution is -0.136. The van der Waals surface area contributed by atoms with Crippen molar-refractivity contribution in [3.63, 3.8) is 0 Å². The molecule has 0 amide bonds. The second kappa shape index (κ2) is 14.6. The summed E-state index contributed by atoms with van der Waals surface area (Å²) in [5, 5.41) is 18.4. The molecule has 50 heavy (non-hydrogen) atoms. The van der Waals surface area contributed by atoms with E-state index in [1.54, 1.807) is 27.0 Å². The number of allylic oxidation sites excluding steroid dienone is 3. The topological polar surface area (TPSA) is 90.3 Å². The van der Waals surface area contributed by atoms with Gasteiger partial charge in [-0.25, -0.2) is 4.21 Å². The van der Waals surface area contributed by atoms with Crippen molar-refractivity contribution in [2.24, 2.45) is 5.41 Å². The summed E-state index contributed by atoms with van der Waals surface area (Å²) in [4.78, 5) is 14.6. The van der Waals surface area contributed by atoms with Crippen LogP contribution in [-0.4, -0.2) is 51.9 Å². The highest BCUT2D eigenvalue weighted by Gasteiger charge is 2.43. The normalized spacial score (nSPS) is 17.2. The Hall–Kier alpha value is -4.14. The summed E-state index contributed by atoms with van der Waals surface area (Å²) < 4.78 is 21.3. The number of aliphatic hydroxyl groups is 1. The highest BCUT2D eigenvalue weighted by atomic mass is 32.2. The largest absolute Gasteiger partial charge is 0.492 e. The van der Waals surface area contributed by atoms with Crippen molar-refractivity contribution < 1.29 is 24.0 Å². The molecule has 0 aromatic heterocycles.